The van der Waals surface area contributed by atoms with E-state index >= 15 is 0 Å². The van der Waals surface area contributed by atoms with Crippen LogP contribution in [0.15, 0.2) is 43.3 Å². The van der Waals surface area contributed by atoms with Crippen molar-refractivity contribution in [3.63, 3.8) is 0 Å². The number of fused-ring (bicyclic) bond motifs is 1. The zero-order valence-electron chi connectivity index (χ0n) is 15.8. The number of aromatic nitrogens is 5. The van der Waals surface area contributed by atoms with Crippen molar-refractivity contribution in [3.05, 3.63) is 43.3 Å². The molecule has 1 fully saturated rings. The molecule has 3 aromatic rings. The molecule has 0 unspecified atom stereocenters. The molecule has 28 heavy (non-hydrogen) atoms. The van der Waals surface area contributed by atoms with Gasteiger partial charge in [-0.2, -0.15) is 0 Å². The van der Waals surface area contributed by atoms with Gasteiger partial charge in [0.1, 0.15) is 17.9 Å². The van der Waals surface area contributed by atoms with Crippen molar-refractivity contribution in [2.24, 2.45) is 0 Å². The number of ketones is 1. The fraction of sp³-hybridized carbons (Fsp3) is 0.350. The number of ether oxygens (including phenoxy) is 1. The van der Waals surface area contributed by atoms with E-state index in [0.717, 1.165) is 42.6 Å². The van der Waals surface area contributed by atoms with Crippen LogP contribution in [0.5, 0.6) is 5.88 Å². The van der Waals surface area contributed by atoms with Crippen molar-refractivity contribution >= 4 is 16.9 Å². The molecule has 1 saturated heterocycles. The van der Waals surface area contributed by atoms with Crippen LogP contribution in [0.25, 0.3) is 22.3 Å². The van der Waals surface area contributed by atoms with Gasteiger partial charge in [-0.25, -0.2) is 19.9 Å². The minimum Gasteiger partial charge on any atom is -0.473 e. The molecule has 0 spiro atoms. The Morgan fingerprint density at radius 2 is 2.04 bits per heavy atom. The molecular weight excluding hydrogens is 356 g/mol. The first kappa shape index (κ1) is 18.2. The van der Waals surface area contributed by atoms with Crippen molar-refractivity contribution in [1.29, 1.82) is 0 Å². The lowest BCUT2D eigenvalue weighted by atomic mass is 10.1. The highest BCUT2D eigenvalue weighted by atomic mass is 16.5. The van der Waals surface area contributed by atoms with Crippen molar-refractivity contribution in [1.82, 2.24) is 29.8 Å². The summed E-state index contributed by atoms with van der Waals surface area (Å²) in [4.78, 5) is 33.9. The summed E-state index contributed by atoms with van der Waals surface area (Å²) >= 11 is 0. The van der Waals surface area contributed by atoms with Crippen LogP contribution in [0.2, 0.25) is 0 Å². The Bertz CT molecular complexity index is 992. The Morgan fingerprint density at radius 3 is 2.75 bits per heavy atom. The first-order chi connectivity index (χ1) is 13.6. The normalized spacial score (nSPS) is 15.6. The van der Waals surface area contributed by atoms with Gasteiger partial charge < -0.3 is 9.72 Å². The molecule has 0 atom stereocenters. The standard InChI is InChI=1S/C20H22N6O2/c1-13(14(2)27)11-26-5-3-16(4-6-26)28-18-10-24-20-19(25-18)17(9-23-20)15-7-21-12-22-8-15/h7-10,12,16H,1,3-6,11H2,2H3,(H,23,24). The average molecular weight is 378 g/mol. The summed E-state index contributed by atoms with van der Waals surface area (Å²) < 4.78 is 6.09. The quantitative estimate of drug-likeness (QED) is 0.658. The third-order valence-electron chi connectivity index (χ3n) is 4.96. The molecule has 0 aliphatic carbocycles. The lowest BCUT2D eigenvalue weighted by molar-refractivity contribution is -0.113. The van der Waals surface area contributed by atoms with E-state index in [9.17, 15) is 4.79 Å². The van der Waals surface area contributed by atoms with Crippen LogP contribution in [-0.2, 0) is 4.79 Å². The number of hydrogen-bond donors (Lipinski definition) is 1. The van der Waals surface area contributed by atoms with Gasteiger partial charge in [-0.3, -0.25) is 9.69 Å². The van der Waals surface area contributed by atoms with E-state index in [2.05, 4.69) is 36.4 Å². The Hall–Kier alpha value is -3.13. The van der Waals surface area contributed by atoms with E-state index in [1.54, 1.807) is 25.5 Å². The molecule has 0 bridgehead atoms. The van der Waals surface area contributed by atoms with Gasteiger partial charge in [0.05, 0.1) is 6.20 Å². The van der Waals surface area contributed by atoms with Gasteiger partial charge in [-0.05, 0) is 19.8 Å². The molecule has 0 radical (unpaired) electrons. The molecule has 8 heteroatoms. The molecular formula is C20H22N6O2. The van der Waals surface area contributed by atoms with Crippen molar-refractivity contribution < 1.29 is 9.53 Å². The van der Waals surface area contributed by atoms with Crippen molar-refractivity contribution in [2.75, 3.05) is 19.6 Å². The van der Waals surface area contributed by atoms with Crippen LogP contribution in [0, 0.1) is 0 Å². The molecule has 1 N–H and O–H groups in total. The number of likely N-dealkylation sites (tertiary alicyclic amines) is 1. The lowest BCUT2D eigenvalue weighted by Gasteiger charge is -2.31. The summed E-state index contributed by atoms with van der Waals surface area (Å²) in [6.07, 6.45) is 10.3. The molecule has 0 saturated carbocycles. The van der Waals surface area contributed by atoms with E-state index in [4.69, 9.17) is 4.74 Å². The predicted octanol–water partition coefficient (Wildman–Crippen LogP) is 2.40. The van der Waals surface area contributed by atoms with Crippen LogP contribution < -0.4 is 4.74 Å². The van der Waals surface area contributed by atoms with Gasteiger partial charge in [-0.1, -0.05) is 6.58 Å². The molecule has 4 rings (SSSR count). The van der Waals surface area contributed by atoms with E-state index in [0.29, 0.717) is 23.6 Å². The molecule has 4 heterocycles. The monoisotopic (exact) mass is 378 g/mol. The second kappa shape index (κ2) is 7.85. The highest BCUT2D eigenvalue weighted by Crippen LogP contribution is 2.27. The minimum absolute atomic E-state index is 0.0491. The number of nitrogens with one attached hydrogen (secondary N) is 1. The highest BCUT2D eigenvalue weighted by Gasteiger charge is 2.22. The third kappa shape index (κ3) is 3.91. The van der Waals surface area contributed by atoms with E-state index in [-0.39, 0.29) is 11.9 Å². The maximum atomic E-state index is 11.4. The molecule has 0 amide bonds. The number of piperidine rings is 1. The fourth-order valence-electron chi connectivity index (χ4n) is 3.33. The smallest absolute Gasteiger partial charge is 0.233 e. The summed E-state index contributed by atoms with van der Waals surface area (Å²) in [6, 6.07) is 0. The average Bonchev–Trinajstić information content (AvgIpc) is 3.13. The zero-order chi connectivity index (χ0) is 19.5. The van der Waals surface area contributed by atoms with E-state index in [1.807, 2.05) is 6.20 Å². The Balaban J connectivity index is 1.43. The molecule has 1 aliphatic heterocycles. The Kier molecular flexibility index (Phi) is 5.12. The number of hydrogen-bond acceptors (Lipinski definition) is 7. The summed E-state index contributed by atoms with van der Waals surface area (Å²) in [5, 5.41) is 0. The number of rotatable bonds is 6. The summed E-state index contributed by atoms with van der Waals surface area (Å²) in [5.74, 6) is 0.560. The minimum atomic E-state index is 0.0491. The lowest BCUT2D eigenvalue weighted by Crippen LogP contribution is -2.39. The van der Waals surface area contributed by atoms with E-state index < -0.39 is 0 Å². The van der Waals surface area contributed by atoms with Crippen LogP contribution in [0.4, 0.5) is 0 Å². The zero-order valence-corrected chi connectivity index (χ0v) is 15.8. The van der Waals surface area contributed by atoms with Gasteiger partial charge >= 0.3 is 0 Å². The first-order valence-corrected chi connectivity index (χ1v) is 9.27. The van der Waals surface area contributed by atoms with Gasteiger partial charge in [-0.15, -0.1) is 0 Å². The number of carbonyl (C=O) groups is 1. The van der Waals surface area contributed by atoms with Gasteiger partial charge in [0.15, 0.2) is 11.4 Å². The number of nitrogens with zero attached hydrogens (tertiary/aromatic N) is 5. The molecule has 3 aromatic heterocycles. The number of aromatic amines is 1. The third-order valence-corrected chi connectivity index (χ3v) is 4.96. The molecule has 144 valence electrons. The highest BCUT2D eigenvalue weighted by molar-refractivity contribution is 5.93. The van der Waals surface area contributed by atoms with Crippen LogP contribution in [-0.4, -0.2) is 61.3 Å². The van der Waals surface area contributed by atoms with Crippen molar-refractivity contribution in [2.45, 2.75) is 25.9 Å². The second-order valence-electron chi connectivity index (χ2n) is 6.99. The maximum absolute atomic E-state index is 11.4. The number of carbonyl (C=O) groups excluding carboxylic acids is 1. The number of Topliss-reactive ketones (excluding diaryl/α,β-unsaturated/α-hetero) is 1. The van der Waals surface area contributed by atoms with Gasteiger partial charge in [0.2, 0.25) is 5.88 Å². The Morgan fingerprint density at radius 1 is 1.29 bits per heavy atom. The van der Waals surface area contributed by atoms with Crippen LogP contribution in [0.3, 0.4) is 0 Å². The number of H-pyrrole nitrogens is 1. The largest absolute Gasteiger partial charge is 0.473 e. The van der Waals surface area contributed by atoms with Gasteiger partial charge in [0.25, 0.3) is 0 Å². The predicted molar refractivity (Wildman–Crippen MR) is 105 cm³/mol. The summed E-state index contributed by atoms with van der Waals surface area (Å²) in [5.41, 5.74) is 3.86. The van der Waals surface area contributed by atoms with E-state index in [1.165, 1.54) is 6.33 Å². The summed E-state index contributed by atoms with van der Waals surface area (Å²) in [6.45, 7) is 7.75. The van der Waals surface area contributed by atoms with Crippen LogP contribution >= 0.6 is 0 Å². The Labute approximate surface area is 162 Å². The topological polar surface area (TPSA) is 96.9 Å². The maximum Gasteiger partial charge on any atom is 0.233 e. The first-order valence-electron chi connectivity index (χ1n) is 9.27. The molecule has 1 aliphatic rings. The molecule has 0 aromatic carbocycles. The molecule has 8 nitrogen and oxygen atoms in total. The summed E-state index contributed by atoms with van der Waals surface area (Å²) in [7, 11) is 0. The SMILES string of the molecule is C=C(CN1CCC(Oc2cnc3[nH]cc(-c4cncnc4)c3n2)CC1)C(C)=O. The van der Waals surface area contributed by atoms with Crippen molar-refractivity contribution in [3.8, 4) is 17.0 Å². The fourth-order valence-corrected chi connectivity index (χ4v) is 3.33. The second-order valence-corrected chi connectivity index (χ2v) is 6.99. The van der Waals surface area contributed by atoms with Crippen LogP contribution in [0.1, 0.15) is 19.8 Å². The van der Waals surface area contributed by atoms with Gasteiger partial charge in [0, 0.05) is 54.9 Å².